The van der Waals surface area contributed by atoms with E-state index in [4.69, 9.17) is 5.73 Å². The fourth-order valence-corrected chi connectivity index (χ4v) is 2.82. The number of nitrogens with two attached hydrogens (primary N) is 1. The first-order chi connectivity index (χ1) is 15.2. The lowest BCUT2D eigenvalue weighted by molar-refractivity contribution is -0.145. The van der Waals surface area contributed by atoms with Gasteiger partial charge >= 0.3 is 5.97 Å². The highest BCUT2D eigenvalue weighted by atomic mass is 16.4. The number of carboxylic acids is 1. The molecule has 4 unspecified atom stereocenters. The Labute approximate surface area is 182 Å². The summed E-state index contributed by atoms with van der Waals surface area (Å²) in [5.74, 6) is -3.57. The van der Waals surface area contributed by atoms with Crippen LogP contribution in [-0.4, -0.2) is 84.6 Å². The number of amides is 3. The molecular weight excluding hydrogens is 424 g/mol. The van der Waals surface area contributed by atoms with E-state index in [2.05, 4.69) is 35.9 Å². The Morgan fingerprint density at radius 1 is 0.969 bits per heavy atom. The van der Waals surface area contributed by atoms with Crippen LogP contribution in [0.2, 0.25) is 0 Å². The van der Waals surface area contributed by atoms with Crippen LogP contribution in [0.3, 0.4) is 0 Å². The summed E-state index contributed by atoms with van der Waals surface area (Å²) >= 11 is 0. The van der Waals surface area contributed by atoms with Gasteiger partial charge in [-0.1, -0.05) is 0 Å². The number of hydrogen-bond donors (Lipinski definition) is 8. The van der Waals surface area contributed by atoms with Crippen LogP contribution in [0, 0.1) is 0 Å². The summed E-state index contributed by atoms with van der Waals surface area (Å²) in [6.07, 6.45) is 4.32. The standard InChI is InChI=1S/C18H26N8O6/c1-9(27)15(18(31)32)26-17(30)13(3-11-6-21-8-23-11)25-16(29)12(24-14(28)4-19)2-10-5-20-7-22-10/h5-9,12-13,15,27H,2-4,19H2,1H3,(H,20,22)(H,21,23)(H,24,28)(H,25,29)(H,26,30)(H,31,32). The summed E-state index contributed by atoms with van der Waals surface area (Å²) in [4.78, 5) is 62.2. The molecule has 2 heterocycles. The SMILES string of the molecule is CC(O)C(NC(=O)C(Cc1cnc[nH]1)NC(=O)C(Cc1cnc[nH]1)NC(=O)CN)C(=O)O. The van der Waals surface area contributed by atoms with E-state index in [0.29, 0.717) is 11.4 Å². The lowest BCUT2D eigenvalue weighted by Gasteiger charge is -2.25. The fourth-order valence-electron chi connectivity index (χ4n) is 2.82. The Bertz CT molecular complexity index is 899. The average molecular weight is 450 g/mol. The Morgan fingerprint density at radius 3 is 1.88 bits per heavy atom. The van der Waals surface area contributed by atoms with Gasteiger partial charge in [-0.2, -0.15) is 0 Å². The Balaban J connectivity index is 2.20. The molecule has 0 aromatic carbocycles. The number of hydrogen-bond acceptors (Lipinski definition) is 8. The number of nitrogens with one attached hydrogen (secondary N) is 5. The number of carboxylic acid groups (broad SMARTS) is 1. The molecule has 2 aromatic heterocycles. The topological polar surface area (TPSA) is 228 Å². The molecule has 9 N–H and O–H groups in total. The van der Waals surface area contributed by atoms with Crippen LogP contribution in [0.1, 0.15) is 18.3 Å². The van der Waals surface area contributed by atoms with Crippen LogP contribution < -0.4 is 21.7 Å². The minimum atomic E-state index is -1.58. The lowest BCUT2D eigenvalue weighted by atomic mass is 10.1. The molecule has 174 valence electrons. The second-order valence-corrected chi connectivity index (χ2v) is 7.01. The first-order valence-corrected chi connectivity index (χ1v) is 9.66. The van der Waals surface area contributed by atoms with Crippen molar-refractivity contribution in [3.63, 3.8) is 0 Å². The zero-order valence-corrected chi connectivity index (χ0v) is 17.2. The van der Waals surface area contributed by atoms with Crippen LogP contribution >= 0.6 is 0 Å². The molecular formula is C18H26N8O6. The van der Waals surface area contributed by atoms with Gasteiger partial charge < -0.3 is 41.9 Å². The van der Waals surface area contributed by atoms with Crippen molar-refractivity contribution in [3.05, 3.63) is 36.4 Å². The first kappa shape index (κ1) is 24.5. The molecule has 0 bridgehead atoms. The quantitative estimate of drug-likeness (QED) is 0.162. The van der Waals surface area contributed by atoms with Gasteiger partial charge in [-0.15, -0.1) is 0 Å². The first-order valence-electron chi connectivity index (χ1n) is 9.66. The molecule has 2 aromatic rings. The highest BCUT2D eigenvalue weighted by Crippen LogP contribution is 2.04. The number of carbonyl (C=O) groups is 4. The summed E-state index contributed by atoms with van der Waals surface area (Å²) in [7, 11) is 0. The number of nitrogens with zero attached hydrogens (tertiary/aromatic N) is 2. The molecule has 0 saturated carbocycles. The third-order valence-electron chi connectivity index (χ3n) is 4.47. The van der Waals surface area contributed by atoms with Crippen LogP contribution in [0.15, 0.2) is 25.0 Å². The number of aliphatic carboxylic acids is 1. The second-order valence-electron chi connectivity index (χ2n) is 7.01. The number of imidazole rings is 2. The summed E-state index contributed by atoms with van der Waals surface area (Å²) in [6, 6.07) is -3.90. The average Bonchev–Trinajstić information content (AvgIpc) is 3.44. The molecule has 14 heteroatoms. The van der Waals surface area contributed by atoms with Crippen molar-refractivity contribution >= 4 is 23.7 Å². The Hall–Kier alpha value is -3.78. The number of aliphatic hydroxyl groups is 1. The maximum Gasteiger partial charge on any atom is 0.328 e. The third-order valence-corrected chi connectivity index (χ3v) is 4.47. The van der Waals surface area contributed by atoms with Gasteiger partial charge in [-0.25, -0.2) is 14.8 Å². The predicted octanol–water partition coefficient (Wildman–Crippen LogP) is -3.20. The van der Waals surface area contributed by atoms with Crippen LogP contribution in [0.5, 0.6) is 0 Å². The van der Waals surface area contributed by atoms with Crippen molar-refractivity contribution in [1.82, 2.24) is 35.9 Å². The largest absolute Gasteiger partial charge is 0.480 e. The van der Waals surface area contributed by atoms with E-state index < -0.39 is 47.9 Å². The van der Waals surface area contributed by atoms with Gasteiger partial charge in [0.25, 0.3) is 0 Å². The van der Waals surface area contributed by atoms with E-state index in [1.807, 2.05) is 0 Å². The third kappa shape index (κ3) is 7.17. The molecule has 0 aliphatic heterocycles. The molecule has 0 saturated heterocycles. The zero-order chi connectivity index (χ0) is 23.7. The number of aromatic nitrogens is 4. The molecule has 4 atom stereocenters. The van der Waals surface area contributed by atoms with Crippen molar-refractivity contribution in [2.75, 3.05) is 6.54 Å². The maximum atomic E-state index is 12.9. The van der Waals surface area contributed by atoms with Crippen molar-refractivity contribution in [1.29, 1.82) is 0 Å². The fraction of sp³-hybridized carbons (Fsp3) is 0.444. The van der Waals surface area contributed by atoms with Crippen molar-refractivity contribution < 1.29 is 29.4 Å². The summed E-state index contributed by atoms with van der Waals surface area (Å²) in [6.45, 7) is 0.865. The molecule has 3 amide bonds. The predicted molar refractivity (Wildman–Crippen MR) is 109 cm³/mol. The molecule has 0 fully saturated rings. The summed E-state index contributed by atoms with van der Waals surface area (Å²) < 4.78 is 0. The molecule has 0 radical (unpaired) electrons. The van der Waals surface area contributed by atoms with E-state index >= 15 is 0 Å². The van der Waals surface area contributed by atoms with Gasteiger partial charge in [0, 0.05) is 36.6 Å². The van der Waals surface area contributed by atoms with Crippen LogP contribution in [-0.2, 0) is 32.0 Å². The molecule has 2 rings (SSSR count). The second kappa shape index (κ2) is 11.6. The Morgan fingerprint density at radius 2 is 1.47 bits per heavy atom. The summed E-state index contributed by atoms with van der Waals surface area (Å²) in [5.41, 5.74) is 6.37. The van der Waals surface area contributed by atoms with Crippen molar-refractivity contribution in [2.24, 2.45) is 5.73 Å². The smallest absolute Gasteiger partial charge is 0.328 e. The normalized spacial score (nSPS) is 14.6. The van der Waals surface area contributed by atoms with Gasteiger partial charge in [-0.3, -0.25) is 14.4 Å². The van der Waals surface area contributed by atoms with Crippen molar-refractivity contribution in [2.45, 2.75) is 44.0 Å². The number of rotatable bonds is 12. The number of aliphatic hydroxyl groups excluding tert-OH is 1. The Kier molecular flexibility index (Phi) is 8.85. The lowest BCUT2D eigenvalue weighted by Crippen LogP contribution is -2.58. The van der Waals surface area contributed by atoms with Crippen LogP contribution in [0.4, 0.5) is 0 Å². The number of aromatic amines is 2. The zero-order valence-electron chi connectivity index (χ0n) is 17.2. The maximum absolute atomic E-state index is 12.9. The summed E-state index contributed by atoms with van der Waals surface area (Å²) in [5, 5.41) is 26.1. The van der Waals surface area contributed by atoms with E-state index in [1.54, 1.807) is 0 Å². The van der Waals surface area contributed by atoms with Gasteiger partial charge in [0.05, 0.1) is 25.3 Å². The highest BCUT2D eigenvalue weighted by molar-refractivity contribution is 5.93. The van der Waals surface area contributed by atoms with Gasteiger partial charge in [0.2, 0.25) is 17.7 Å². The number of carbonyl (C=O) groups excluding carboxylic acids is 3. The minimum Gasteiger partial charge on any atom is -0.480 e. The monoisotopic (exact) mass is 450 g/mol. The van der Waals surface area contributed by atoms with E-state index in [1.165, 1.54) is 32.0 Å². The van der Waals surface area contributed by atoms with Gasteiger partial charge in [0.15, 0.2) is 6.04 Å². The number of H-pyrrole nitrogens is 2. The molecule has 0 aliphatic rings. The van der Waals surface area contributed by atoms with Crippen molar-refractivity contribution in [3.8, 4) is 0 Å². The molecule has 14 nitrogen and oxygen atoms in total. The van der Waals surface area contributed by atoms with Gasteiger partial charge in [0.1, 0.15) is 12.1 Å². The molecule has 0 spiro atoms. The molecule has 0 aliphatic carbocycles. The van der Waals surface area contributed by atoms with Crippen LogP contribution in [0.25, 0.3) is 0 Å². The van der Waals surface area contributed by atoms with E-state index in [0.717, 1.165) is 0 Å². The van der Waals surface area contributed by atoms with E-state index in [-0.39, 0.29) is 19.4 Å². The highest BCUT2D eigenvalue weighted by Gasteiger charge is 2.32. The molecule has 32 heavy (non-hydrogen) atoms. The van der Waals surface area contributed by atoms with E-state index in [9.17, 15) is 29.4 Å². The van der Waals surface area contributed by atoms with Gasteiger partial charge in [-0.05, 0) is 6.92 Å². The minimum absolute atomic E-state index is 0.0431.